The van der Waals surface area contributed by atoms with Gasteiger partial charge in [0.1, 0.15) is 5.82 Å². The maximum atomic E-state index is 13.6. The lowest BCUT2D eigenvalue weighted by atomic mass is 9.85. The van der Waals surface area contributed by atoms with Gasteiger partial charge >= 0.3 is 0 Å². The van der Waals surface area contributed by atoms with Gasteiger partial charge in [-0.2, -0.15) is 0 Å². The van der Waals surface area contributed by atoms with Gasteiger partial charge in [0, 0.05) is 28.6 Å². The first kappa shape index (κ1) is 20.2. The molecule has 0 aliphatic heterocycles. The lowest BCUT2D eigenvalue weighted by Crippen LogP contribution is -2.10. The molecule has 0 atom stereocenters. The van der Waals surface area contributed by atoms with Gasteiger partial charge in [0.15, 0.2) is 0 Å². The van der Waals surface area contributed by atoms with Crippen LogP contribution in [0.4, 0.5) is 10.1 Å². The molecule has 6 heteroatoms. The second-order valence-corrected chi connectivity index (χ2v) is 8.37. The maximum absolute atomic E-state index is 13.6. The molecule has 5 nitrogen and oxygen atoms in total. The lowest BCUT2D eigenvalue weighted by Gasteiger charge is -2.23. The third kappa shape index (κ3) is 3.40. The number of pyridine rings is 2. The highest BCUT2D eigenvalue weighted by atomic mass is 19.1. The molecule has 164 valence electrons. The van der Waals surface area contributed by atoms with Crippen LogP contribution in [0, 0.1) is 15.9 Å². The molecule has 2 heterocycles. The second-order valence-electron chi connectivity index (χ2n) is 8.37. The molecular formula is C28H18FN3O2. The number of hydrogen-bond donors (Lipinski definition) is 0. The van der Waals surface area contributed by atoms with Crippen LogP contribution in [-0.2, 0) is 12.8 Å². The van der Waals surface area contributed by atoms with Gasteiger partial charge in [0.05, 0.1) is 27.5 Å². The minimum Gasteiger partial charge on any atom is -0.258 e. The van der Waals surface area contributed by atoms with E-state index in [9.17, 15) is 14.5 Å². The van der Waals surface area contributed by atoms with Gasteiger partial charge in [0.25, 0.3) is 5.69 Å². The normalized spacial score (nSPS) is 12.3. The van der Waals surface area contributed by atoms with E-state index in [2.05, 4.69) is 6.07 Å². The average Bonchev–Trinajstić information content (AvgIpc) is 2.87. The highest BCUT2D eigenvalue weighted by Crippen LogP contribution is 2.41. The summed E-state index contributed by atoms with van der Waals surface area (Å²) < 4.78 is 13.6. The number of nitrogens with zero attached hydrogens (tertiary/aromatic N) is 3. The third-order valence-corrected chi connectivity index (χ3v) is 6.30. The number of aromatic nitrogens is 2. The van der Waals surface area contributed by atoms with Gasteiger partial charge in [0.2, 0.25) is 0 Å². The summed E-state index contributed by atoms with van der Waals surface area (Å²) >= 11 is 0. The number of rotatable bonds is 3. The van der Waals surface area contributed by atoms with E-state index < -0.39 is 0 Å². The van der Waals surface area contributed by atoms with Gasteiger partial charge in [-0.05, 0) is 72.0 Å². The molecule has 34 heavy (non-hydrogen) atoms. The molecule has 5 aromatic rings. The van der Waals surface area contributed by atoms with Crippen molar-refractivity contribution in [1.82, 2.24) is 9.97 Å². The van der Waals surface area contributed by atoms with Crippen LogP contribution in [0.5, 0.6) is 0 Å². The zero-order valence-electron chi connectivity index (χ0n) is 18.0. The molecule has 0 N–H and O–H groups in total. The van der Waals surface area contributed by atoms with E-state index in [0.717, 1.165) is 62.9 Å². The van der Waals surface area contributed by atoms with Crippen molar-refractivity contribution in [2.24, 2.45) is 0 Å². The molecule has 0 saturated carbocycles. The first-order valence-corrected chi connectivity index (χ1v) is 11.0. The van der Waals surface area contributed by atoms with E-state index in [1.165, 1.54) is 18.2 Å². The van der Waals surface area contributed by atoms with Gasteiger partial charge in [-0.25, -0.2) is 9.37 Å². The number of benzene rings is 3. The Morgan fingerprint density at radius 2 is 1.62 bits per heavy atom. The molecule has 0 amide bonds. The summed E-state index contributed by atoms with van der Waals surface area (Å²) in [6.45, 7) is 0. The Morgan fingerprint density at radius 3 is 2.44 bits per heavy atom. The Morgan fingerprint density at radius 1 is 0.794 bits per heavy atom. The largest absolute Gasteiger partial charge is 0.270 e. The number of hydrogen-bond acceptors (Lipinski definition) is 4. The monoisotopic (exact) mass is 447 g/mol. The topological polar surface area (TPSA) is 68.9 Å². The maximum Gasteiger partial charge on any atom is 0.270 e. The predicted octanol–water partition coefficient (Wildman–Crippen LogP) is 6.78. The SMILES string of the molecule is O=[N+]([O-])c1cccc(-c2cc(-c3ccc(F)cc3)nc3c2CCc2nc4ccccc4cc2-3)c1. The van der Waals surface area contributed by atoms with E-state index in [4.69, 9.17) is 9.97 Å². The fraction of sp³-hybridized carbons (Fsp3) is 0.0714. The first-order valence-electron chi connectivity index (χ1n) is 11.0. The standard InChI is InChI=1S/C28H18FN3O2/c29-20-10-8-17(9-11-20)27-16-23(18-5-3-6-21(14-18)32(33)34)22-12-13-26-24(28(22)31-27)15-19-4-1-2-7-25(19)30-26/h1-11,14-16H,12-13H2. The van der Waals surface area contributed by atoms with Crippen LogP contribution in [0.2, 0.25) is 0 Å². The fourth-order valence-corrected chi connectivity index (χ4v) is 4.66. The van der Waals surface area contributed by atoms with Crippen LogP contribution in [0.15, 0.2) is 84.9 Å². The zero-order chi connectivity index (χ0) is 23.2. The van der Waals surface area contributed by atoms with Crippen molar-refractivity contribution in [3.8, 4) is 33.6 Å². The van der Waals surface area contributed by atoms with Crippen LogP contribution in [0.3, 0.4) is 0 Å². The summed E-state index contributed by atoms with van der Waals surface area (Å²) in [5.41, 5.74) is 7.90. The van der Waals surface area contributed by atoms with E-state index >= 15 is 0 Å². The summed E-state index contributed by atoms with van der Waals surface area (Å²) in [6, 6.07) is 24.9. The van der Waals surface area contributed by atoms with Crippen molar-refractivity contribution in [1.29, 1.82) is 0 Å². The van der Waals surface area contributed by atoms with Crippen molar-refractivity contribution < 1.29 is 9.31 Å². The molecule has 3 aromatic carbocycles. The number of nitro benzene ring substituents is 1. The summed E-state index contributed by atoms with van der Waals surface area (Å²) in [5.74, 6) is -0.318. The van der Waals surface area contributed by atoms with Crippen LogP contribution >= 0.6 is 0 Å². The van der Waals surface area contributed by atoms with Crippen molar-refractivity contribution in [2.45, 2.75) is 12.8 Å². The smallest absolute Gasteiger partial charge is 0.258 e. The van der Waals surface area contributed by atoms with E-state index in [0.29, 0.717) is 5.69 Å². The molecule has 0 unspecified atom stereocenters. The van der Waals surface area contributed by atoms with Crippen molar-refractivity contribution in [2.75, 3.05) is 0 Å². The Kier molecular flexibility index (Phi) is 4.66. The number of non-ortho nitro benzene ring substituents is 1. The lowest BCUT2D eigenvalue weighted by molar-refractivity contribution is -0.384. The average molecular weight is 447 g/mol. The highest BCUT2D eigenvalue weighted by Gasteiger charge is 2.24. The van der Waals surface area contributed by atoms with Crippen molar-refractivity contribution in [3.63, 3.8) is 0 Å². The van der Waals surface area contributed by atoms with Crippen molar-refractivity contribution in [3.05, 3.63) is 112 Å². The van der Waals surface area contributed by atoms with Crippen LogP contribution in [0.1, 0.15) is 11.3 Å². The van der Waals surface area contributed by atoms with Gasteiger partial charge in [-0.15, -0.1) is 0 Å². The summed E-state index contributed by atoms with van der Waals surface area (Å²) in [7, 11) is 0. The van der Waals surface area contributed by atoms with E-state index in [1.54, 1.807) is 24.3 Å². The quantitative estimate of drug-likeness (QED) is 0.226. The number of halogens is 1. The summed E-state index contributed by atoms with van der Waals surface area (Å²) in [6.07, 6.45) is 1.48. The molecule has 0 radical (unpaired) electrons. The minimum atomic E-state index is -0.386. The number of nitro groups is 1. The number of fused-ring (bicyclic) bond motifs is 4. The van der Waals surface area contributed by atoms with Crippen LogP contribution < -0.4 is 0 Å². The molecule has 1 aliphatic rings. The molecule has 0 saturated heterocycles. The minimum absolute atomic E-state index is 0.0373. The Labute approximate surface area is 194 Å². The Balaban J connectivity index is 1.64. The van der Waals surface area contributed by atoms with Gasteiger partial charge < -0.3 is 0 Å². The molecule has 2 aromatic heterocycles. The first-order chi connectivity index (χ1) is 16.6. The van der Waals surface area contributed by atoms with Crippen LogP contribution in [0.25, 0.3) is 44.5 Å². The van der Waals surface area contributed by atoms with Crippen LogP contribution in [-0.4, -0.2) is 14.9 Å². The van der Waals surface area contributed by atoms with Crippen molar-refractivity contribution >= 4 is 16.6 Å². The Bertz CT molecular complexity index is 1600. The van der Waals surface area contributed by atoms with Gasteiger partial charge in [-0.3, -0.25) is 15.1 Å². The molecule has 1 aliphatic carbocycles. The van der Waals surface area contributed by atoms with E-state index in [-0.39, 0.29) is 16.4 Å². The number of aryl methyl sites for hydroxylation is 1. The number of para-hydroxylation sites is 1. The zero-order valence-corrected chi connectivity index (χ0v) is 18.0. The Hall–Kier alpha value is -4.45. The summed E-state index contributed by atoms with van der Waals surface area (Å²) in [4.78, 5) is 20.9. The molecule has 0 spiro atoms. The third-order valence-electron chi connectivity index (χ3n) is 6.30. The highest BCUT2D eigenvalue weighted by molar-refractivity contribution is 5.89. The second kappa shape index (κ2) is 7.85. The summed E-state index contributed by atoms with van der Waals surface area (Å²) in [5, 5.41) is 12.5. The molecule has 0 fully saturated rings. The fourth-order valence-electron chi connectivity index (χ4n) is 4.66. The van der Waals surface area contributed by atoms with Gasteiger partial charge in [-0.1, -0.05) is 30.3 Å². The van der Waals surface area contributed by atoms with E-state index in [1.807, 2.05) is 36.4 Å². The molecular weight excluding hydrogens is 429 g/mol. The molecule has 6 rings (SSSR count). The molecule has 0 bridgehead atoms. The predicted molar refractivity (Wildman–Crippen MR) is 130 cm³/mol.